The molecule has 0 saturated heterocycles. The number of aromatic amines is 1. The SMILES string of the molecule is Cc1[nH]nc2c1C(c1cc(-c3ccncc3)cc(C(F)(F)F)c1)(C(C)C)C(C#N)=C(N)O2. The standard InChI is InChI=1S/C23H20F3N5O/c1-12(2)22(18(11-27)20(28)32-21-19(22)13(3)30-31-21)16-8-15(14-4-6-29-7-5-14)9-17(10-16)23(24,25)26/h4-10,12H,28H2,1-3H3,(H,30,31). The molecular formula is C23H20F3N5O. The minimum absolute atomic E-state index is 0.0458. The van der Waals surface area contributed by atoms with E-state index in [1.807, 2.05) is 13.8 Å². The van der Waals surface area contributed by atoms with Crippen LogP contribution in [0.15, 0.2) is 54.2 Å². The zero-order chi connectivity index (χ0) is 23.3. The van der Waals surface area contributed by atoms with Gasteiger partial charge in [0.2, 0.25) is 11.8 Å². The van der Waals surface area contributed by atoms with E-state index < -0.39 is 17.2 Å². The smallest absolute Gasteiger partial charge is 0.416 e. The quantitative estimate of drug-likeness (QED) is 0.609. The number of H-pyrrole nitrogens is 1. The normalized spacial score (nSPS) is 18.3. The van der Waals surface area contributed by atoms with Crippen LogP contribution in [-0.4, -0.2) is 15.2 Å². The fourth-order valence-corrected chi connectivity index (χ4v) is 4.49. The van der Waals surface area contributed by atoms with E-state index in [0.29, 0.717) is 22.4 Å². The van der Waals surface area contributed by atoms with Gasteiger partial charge in [0, 0.05) is 18.1 Å². The summed E-state index contributed by atoms with van der Waals surface area (Å²) in [5.41, 5.74) is 6.28. The van der Waals surface area contributed by atoms with Crippen molar-refractivity contribution in [2.24, 2.45) is 11.7 Å². The molecule has 1 aromatic carbocycles. The minimum Gasteiger partial charge on any atom is -0.420 e. The predicted octanol–water partition coefficient (Wildman–Crippen LogP) is 4.83. The van der Waals surface area contributed by atoms with Gasteiger partial charge in [-0.2, -0.15) is 18.4 Å². The topological polar surface area (TPSA) is 101 Å². The molecule has 2 aromatic heterocycles. The van der Waals surface area contributed by atoms with Gasteiger partial charge in [-0.15, -0.1) is 5.10 Å². The molecule has 164 valence electrons. The van der Waals surface area contributed by atoms with Crippen LogP contribution >= 0.6 is 0 Å². The number of aryl methyl sites for hydroxylation is 1. The highest BCUT2D eigenvalue weighted by atomic mass is 19.4. The number of pyridine rings is 1. The van der Waals surface area contributed by atoms with Crippen LogP contribution in [0.2, 0.25) is 0 Å². The molecule has 0 radical (unpaired) electrons. The number of hydrogen-bond donors (Lipinski definition) is 2. The van der Waals surface area contributed by atoms with E-state index in [2.05, 4.69) is 21.3 Å². The maximum Gasteiger partial charge on any atom is 0.416 e. The number of fused-ring (bicyclic) bond motifs is 1. The van der Waals surface area contributed by atoms with Crippen LogP contribution in [0, 0.1) is 24.2 Å². The molecule has 9 heteroatoms. The Morgan fingerprint density at radius 1 is 1.16 bits per heavy atom. The zero-order valence-electron chi connectivity index (χ0n) is 17.6. The van der Waals surface area contributed by atoms with Crippen LogP contribution in [-0.2, 0) is 11.6 Å². The number of nitrogens with one attached hydrogen (secondary N) is 1. The summed E-state index contributed by atoms with van der Waals surface area (Å²) in [7, 11) is 0. The van der Waals surface area contributed by atoms with Gasteiger partial charge in [-0.1, -0.05) is 13.8 Å². The summed E-state index contributed by atoms with van der Waals surface area (Å²) in [5, 5.41) is 17.0. The van der Waals surface area contributed by atoms with E-state index in [4.69, 9.17) is 10.5 Å². The Hall–Kier alpha value is -3.80. The van der Waals surface area contributed by atoms with Crippen molar-refractivity contribution in [2.75, 3.05) is 0 Å². The van der Waals surface area contributed by atoms with Crippen LogP contribution in [0.1, 0.15) is 36.2 Å². The number of allylic oxidation sites excluding steroid dienone is 1. The summed E-state index contributed by atoms with van der Waals surface area (Å²) in [6.07, 6.45) is -1.57. The van der Waals surface area contributed by atoms with Gasteiger partial charge in [-0.3, -0.25) is 10.1 Å². The number of benzene rings is 1. The molecule has 1 atom stereocenters. The van der Waals surface area contributed by atoms with Crippen LogP contribution in [0.3, 0.4) is 0 Å². The van der Waals surface area contributed by atoms with Crippen molar-refractivity contribution in [3.8, 4) is 23.1 Å². The van der Waals surface area contributed by atoms with Crippen LogP contribution in [0.5, 0.6) is 5.88 Å². The van der Waals surface area contributed by atoms with Crippen molar-refractivity contribution in [2.45, 2.75) is 32.4 Å². The van der Waals surface area contributed by atoms with Crippen molar-refractivity contribution in [3.05, 3.63) is 76.6 Å². The lowest BCUT2D eigenvalue weighted by Crippen LogP contribution is -2.41. The largest absolute Gasteiger partial charge is 0.420 e. The number of nitriles is 1. The summed E-state index contributed by atoms with van der Waals surface area (Å²) < 4.78 is 47.5. The van der Waals surface area contributed by atoms with Gasteiger partial charge in [-0.25, -0.2) is 0 Å². The molecule has 1 aliphatic rings. The van der Waals surface area contributed by atoms with Crippen LogP contribution in [0.25, 0.3) is 11.1 Å². The van der Waals surface area contributed by atoms with Crippen molar-refractivity contribution >= 4 is 0 Å². The van der Waals surface area contributed by atoms with E-state index in [0.717, 1.165) is 12.1 Å². The van der Waals surface area contributed by atoms with Gasteiger partial charge >= 0.3 is 6.18 Å². The van der Waals surface area contributed by atoms with Gasteiger partial charge in [-0.05, 0) is 59.9 Å². The summed E-state index contributed by atoms with van der Waals surface area (Å²) >= 11 is 0. The monoisotopic (exact) mass is 439 g/mol. The van der Waals surface area contributed by atoms with E-state index >= 15 is 0 Å². The highest BCUT2D eigenvalue weighted by Gasteiger charge is 2.51. The van der Waals surface area contributed by atoms with Gasteiger partial charge in [0.15, 0.2) is 0 Å². The average molecular weight is 439 g/mol. The van der Waals surface area contributed by atoms with Gasteiger partial charge < -0.3 is 10.5 Å². The van der Waals surface area contributed by atoms with Crippen LogP contribution in [0.4, 0.5) is 13.2 Å². The van der Waals surface area contributed by atoms with E-state index in [-0.39, 0.29) is 28.8 Å². The van der Waals surface area contributed by atoms with Crippen molar-refractivity contribution in [3.63, 3.8) is 0 Å². The number of nitrogens with two attached hydrogens (primary N) is 1. The number of hydrogen-bond acceptors (Lipinski definition) is 5. The molecule has 0 spiro atoms. The second-order valence-corrected chi connectivity index (χ2v) is 7.98. The lowest BCUT2D eigenvalue weighted by molar-refractivity contribution is -0.137. The predicted molar refractivity (Wildman–Crippen MR) is 111 cm³/mol. The Balaban J connectivity index is 2.14. The number of nitrogens with zero attached hydrogens (tertiary/aromatic N) is 3. The fraction of sp³-hybridized carbons (Fsp3) is 0.261. The first-order valence-electron chi connectivity index (χ1n) is 9.87. The van der Waals surface area contributed by atoms with Crippen LogP contribution < -0.4 is 10.5 Å². The van der Waals surface area contributed by atoms with Gasteiger partial charge in [0.05, 0.1) is 16.5 Å². The Labute approximate surface area is 182 Å². The Bertz CT molecular complexity index is 1250. The number of aromatic nitrogens is 3. The molecule has 3 heterocycles. The Morgan fingerprint density at radius 2 is 1.84 bits per heavy atom. The molecule has 0 saturated carbocycles. The summed E-state index contributed by atoms with van der Waals surface area (Å²) in [4.78, 5) is 3.95. The molecule has 0 aliphatic carbocycles. The second-order valence-electron chi connectivity index (χ2n) is 7.98. The molecule has 1 aliphatic heterocycles. The number of rotatable bonds is 3. The molecule has 0 fully saturated rings. The van der Waals surface area contributed by atoms with Crippen molar-refractivity contribution < 1.29 is 17.9 Å². The highest BCUT2D eigenvalue weighted by molar-refractivity contribution is 5.69. The highest BCUT2D eigenvalue weighted by Crippen LogP contribution is 2.53. The Morgan fingerprint density at radius 3 is 2.44 bits per heavy atom. The van der Waals surface area contributed by atoms with Gasteiger partial charge in [0.25, 0.3) is 0 Å². The lowest BCUT2D eigenvalue weighted by atomic mass is 9.61. The van der Waals surface area contributed by atoms with E-state index in [1.54, 1.807) is 25.1 Å². The molecular weight excluding hydrogens is 419 g/mol. The number of ether oxygens (including phenoxy) is 1. The molecule has 4 rings (SSSR count). The third kappa shape index (κ3) is 3.11. The number of alkyl halides is 3. The number of halogens is 3. The minimum atomic E-state index is -4.60. The molecule has 0 amide bonds. The fourth-order valence-electron chi connectivity index (χ4n) is 4.49. The second kappa shape index (κ2) is 7.41. The molecule has 3 aromatic rings. The summed E-state index contributed by atoms with van der Waals surface area (Å²) in [6.45, 7) is 5.40. The van der Waals surface area contributed by atoms with Crippen molar-refractivity contribution in [1.82, 2.24) is 15.2 Å². The molecule has 3 N–H and O–H groups in total. The summed E-state index contributed by atoms with van der Waals surface area (Å²) in [5.74, 6) is -0.387. The maximum absolute atomic E-state index is 14.0. The van der Waals surface area contributed by atoms with Crippen molar-refractivity contribution in [1.29, 1.82) is 5.26 Å². The first-order chi connectivity index (χ1) is 15.1. The van der Waals surface area contributed by atoms with E-state index in [1.165, 1.54) is 12.4 Å². The van der Waals surface area contributed by atoms with E-state index in [9.17, 15) is 18.4 Å². The maximum atomic E-state index is 14.0. The third-order valence-electron chi connectivity index (χ3n) is 5.86. The average Bonchev–Trinajstić information content (AvgIpc) is 3.12. The summed E-state index contributed by atoms with van der Waals surface area (Å²) in [6, 6.07) is 9.20. The first-order valence-corrected chi connectivity index (χ1v) is 9.87. The molecule has 6 nitrogen and oxygen atoms in total. The molecule has 1 unspecified atom stereocenters. The zero-order valence-corrected chi connectivity index (χ0v) is 17.6. The first kappa shape index (κ1) is 21.4. The van der Waals surface area contributed by atoms with Gasteiger partial charge in [0.1, 0.15) is 11.6 Å². The third-order valence-corrected chi connectivity index (χ3v) is 5.86. The molecule has 32 heavy (non-hydrogen) atoms. The Kier molecular flexibility index (Phi) is 4.96. The lowest BCUT2D eigenvalue weighted by Gasteiger charge is -2.41. The molecule has 0 bridgehead atoms.